The molecule has 1 fully saturated rings. The van der Waals surface area contributed by atoms with Gasteiger partial charge in [0.25, 0.3) is 0 Å². The zero-order valence-electron chi connectivity index (χ0n) is 18.7. The summed E-state index contributed by atoms with van der Waals surface area (Å²) in [6.45, 7) is 11.2. The molecule has 0 aliphatic carbocycles. The zero-order valence-corrected chi connectivity index (χ0v) is 19.5. The van der Waals surface area contributed by atoms with Gasteiger partial charge in [-0.25, -0.2) is 0 Å². The summed E-state index contributed by atoms with van der Waals surface area (Å²) in [6.07, 6.45) is 7.33. The van der Waals surface area contributed by atoms with Gasteiger partial charge in [0.1, 0.15) is 0 Å². The van der Waals surface area contributed by atoms with Crippen LogP contribution in [0.2, 0.25) is 0 Å². The lowest BCUT2D eigenvalue weighted by Gasteiger charge is -2.34. The molecule has 1 N–H and O–H groups in total. The Kier molecular flexibility index (Phi) is 7.29. The first-order valence-electron chi connectivity index (χ1n) is 11.0. The fourth-order valence-corrected chi connectivity index (χ4v) is 5.77. The highest BCUT2D eigenvalue weighted by atomic mass is 32.2. The van der Waals surface area contributed by atoms with E-state index in [1.807, 2.05) is 11.8 Å². The highest BCUT2D eigenvalue weighted by Gasteiger charge is 2.31. The standard InChI is InChI=1S/C27H36OS/c1-6-27(7-2,24-12-8-19(3)20(4)16-24)25-13-11-22(21(5)17-25)9-10-23-18-29-15-14-26(23)28/h8-13,16-17,23,26,28H,6-7,14-15,18H2,1-5H3/b10-9+. The summed E-state index contributed by atoms with van der Waals surface area (Å²) in [5.74, 6) is 2.37. The SMILES string of the molecule is CCC(CC)(c1ccc(C)c(C)c1)c1ccc(/C=C/C2CSCCC2O)c(C)c1. The van der Waals surface area contributed by atoms with Crippen LogP contribution in [0.3, 0.4) is 0 Å². The summed E-state index contributed by atoms with van der Waals surface area (Å²) in [4.78, 5) is 0. The molecular formula is C27H36OS. The van der Waals surface area contributed by atoms with Crippen molar-refractivity contribution in [3.05, 3.63) is 75.9 Å². The van der Waals surface area contributed by atoms with Crippen molar-refractivity contribution in [3.8, 4) is 0 Å². The van der Waals surface area contributed by atoms with Crippen LogP contribution in [0.1, 0.15) is 66.5 Å². The van der Waals surface area contributed by atoms with Crippen LogP contribution < -0.4 is 0 Å². The lowest BCUT2D eigenvalue weighted by atomic mass is 9.69. The summed E-state index contributed by atoms with van der Waals surface area (Å²) in [6, 6.07) is 13.9. The van der Waals surface area contributed by atoms with Crippen LogP contribution in [-0.2, 0) is 5.41 Å². The molecule has 0 bridgehead atoms. The first-order valence-corrected chi connectivity index (χ1v) is 12.2. The van der Waals surface area contributed by atoms with Crippen molar-refractivity contribution in [3.63, 3.8) is 0 Å². The van der Waals surface area contributed by atoms with Gasteiger partial charge in [0.05, 0.1) is 6.10 Å². The summed E-state index contributed by atoms with van der Waals surface area (Å²) in [7, 11) is 0. The van der Waals surface area contributed by atoms with Crippen molar-refractivity contribution < 1.29 is 5.11 Å². The van der Waals surface area contributed by atoms with E-state index in [9.17, 15) is 5.11 Å². The molecule has 2 aromatic carbocycles. The van der Waals surface area contributed by atoms with Crippen LogP contribution in [0, 0.1) is 26.7 Å². The minimum atomic E-state index is -0.190. The van der Waals surface area contributed by atoms with Crippen molar-refractivity contribution in [1.29, 1.82) is 0 Å². The molecule has 156 valence electrons. The van der Waals surface area contributed by atoms with E-state index in [0.717, 1.165) is 30.8 Å². The Morgan fingerprint density at radius 2 is 1.62 bits per heavy atom. The van der Waals surface area contributed by atoms with E-state index in [-0.39, 0.29) is 17.4 Å². The third kappa shape index (κ3) is 4.64. The summed E-state index contributed by atoms with van der Waals surface area (Å²) in [5, 5.41) is 10.2. The van der Waals surface area contributed by atoms with Gasteiger partial charge in [-0.1, -0.05) is 62.4 Å². The number of thioether (sulfide) groups is 1. The number of benzene rings is 2. The molecule has 0 spiro atoms. The van der Waals surface area contributed by atoms with E-state index >= 15 is 0 Å². The van der Waals surface area contributed by atoms with E-state index in [4.69, 9.17) is 0 Å². The molecule has 29 heavy (non-hydrogen) atoms. The molecular weight excluding hydrogens is 372 g/mol. The third-order valence-corrected chi connectivity index (χ3v) is 8.12. The lowest BCUT2D eigenvalue weighted by Crippen LogP contribution is -2.26. The maximum Gasteiger partial charge on any atom is 0.0618 e. The van der Waals surface area contributed by atoms with Crippen molar-refractivity contribution in [2.24, 2.45) is 5.92 Å². The Bertz CT molecular complexity index is 863. The van der Waals surface area contributed by atoms with Crippen LogP contribution in [0.25, 0.3) is 6.08 Å². The molecule has 0 saturated carbocycles. The average molecular weight is 409 g/mol. The van der Waals surface area contributed by atoms with Crippen molar-refractivity contribution in [2.75, 3.05) is 11.5 Å². The fraction of sp³-hybridized carbons (Fsp3) is 0.481. The van der Waals surface area contributed by atoms with E-state index in [1.165, 1.54) is 33.4 Å². The predicted octanol–water partition coefficient (Wildman–Crippen LogP) is 6.85. The van der Waals surface area contributed by atoms with E-state index in [2.05, 4.69) is 83.2 Å². The predicted molar refractivity (Wildman–Crippen MR) is 129 cm³/mol. The highest BCUT2D eigenvalue weighted by molar-refractivity contribution is 7.99. The zero-order chi connectivity index (χ0) is 21.0. The number of rotatable bonds is 6. The number of aryl methyl sites for hydroxylation is 3. The molecule has 3 rings (SSSR count). The molecule has 2 heteroatoms. The van der Waals surface area contributed by atoms with Gasteiger partial charge >= 0.3 is 0 Å². The summed E-state index contributed by atoms with van der Waals surface area (Å²) >= 11 is 1.95. The Labute approximate surface area is 181 Å². The van der Waals surface area contributed by atoms with E-state index in [1.54, 1.807) is 0 Å². The van der Waals surface area contributed by atoms with Crippen LogP contribution >= 0.6 is 11.8 Å². The normalized spacial score (nSPS) is 20.3. The maximum atomic E-state index is 10.2. The van der Waals surface area contributed by atoms with Crippen molar-refractivity contribution in [2.45, 2.75) is 65.4 Å². The van der Waals surface area contributed by atoms with Crippen molar-refractivity contribution >= 4 is 17.8 Å². The summed E-state index contributed by atoms with van der Waals surface area (Å²) < 4.78 is 0. The van der Waals surface area contributed by atoms with Gasteiger partial charge in [0, 0.05) is 17.1 Å². The van der Waals surface area contributed by atoms with Crippen molar-refractivity contribution in [1.82, 2.24) is 0 Å². The van der Waals surface area contributed by atoms with Crippen LogP contribution in [0.4, 0.5) is 0 Å². The Morgan fingerprint density at radius 1 is 0.966 bits per heavy atom. The molecule has 0 amide bonds. The Morgan fingerprint density at radius 3 is 2.21 bits per heavy atom. The Hall–Kier alpha value is -1.51. The van der Waals surface area contributed by atoms with Gasteiger partial charge in [0.2, 0.25) is 0 Å². The highest BCUT2D eigenvalue weighted by Crippen LogP contribution is 2.40. The van der Waals surface area contributed by atoms with Gasteiger partial charge in [-0.3, -0.25) is 0 Å². The Balaban J connectivity index is 1.92. The molecule has 1 saturated heterocycles. The molecule has 0 radical (unpaired) electrons. The number of aliphatic hydroxyl groups is 1. The number of aliphatic hydroxyl groups excluding tert-OH is 1. The second-order valence-corrected chi connectivity index (χ2v) is 9.76. The molecule has 0 aromatic heterocycles. The second-order valence-electron chi connectivity index (χ2n) is 8.61. The second kappa shape index (κ2) is 9.53. The summed E-state index contributed by atoms with van der Waals surface area (Å²) in [5.41, 5.74) is 8.19. The minimum absolute atomic E-state index is 0.0572. The molecule has 1 heterocycles. The quantitative estimate of drug-likeness (QED) is 0.564. The number of hydrogen-bond donors (Lipinski definition) is 1. The fourth-order valence-electron chi connectivity index (χ4n) is 4.59. The largest absolute Gasteiger partial charge is 0.392 e. The van der Waals surface area contributed by atoms with E-state index in [0.29, 0.717) is 0 Å². The van der Waals surface area contributed by atoms with Gasteiger partial charge in [-0.2, -0.15) is 11.8 Å². The molecule has 1 nitrogen and oxygen atoms in total. The molecule has 2 unspecified atom stereocenters. The van der Waals surface area contributed by atoms with Gasteiger partial charge in [-0.15, -0.1) is 0 Å². The first-order chi connectivity index (χ1) is 13.9. The number of hydrogen-bond acceptors (Lipinski definition) is 2. The van der Waals surface area contributed by atoms with Gasteiger partial charge in [0.15, 0.2) is 0 Å². The monoisotopic (exact) mass is 408 g/mol. The van der Waals surface area contributed by atoms with Crippen LogP contribution in [0.5, 0.6) is 0 Å². The smallest absolute Gasteiger partial charge is 0.0618 e. The van der Waals surface area contributed by atoms with Crippen LogP contribution in [-0.4, -0.2) is 22.7 Å². The average Bonchev–Trinajstić information content (AvgIpc) is 2.72. The molecule has 2 atom stereocenters. The molecule has 1 aliphatic rings. The first kappa shape index (κ1) is 22.2. The van der Waals surface area contributed by atoms with Gasteiger partial charge < -0.3 is 5.11 Å². The minimum Gasteiger partial charge on any atom is -0.392 e. The maximum absolute atomic E-state index is 10.2. The topological polar surface area (TPSA) is 20.2 Å². The molecule has 1 aliphatic heterocycles. The van der Waals surface area contributed by atoms with Gasteiger partial charge in [-0.05, 0) is 79.2 Å². The lowest BCUT2D eigenvalue weighted by molar-refractivity contribution is 0.133. The molecule has 2 aromatic rings. The van der Waals surface area contributed by atoms with Crippen LogP contribution in [0.15, 0.2) is 42.5 Å². The third-order valence-electron chi connectivity index (χ3n) is 6.97. The van der Waals surface area contributed by atoms with E-state index < -0.39 is 0 Å².